The fourth-order valence-corrected chi connectivity index (χ4v) is 0.259. The zero-order chi connectivity index (χ0) is 13.7. The van der Waals surface area contributed by atoms with Gasteiger partial charge in [0, 0.05) is 0 Å². The van der Waals surface area contributed by atoms with Gasteiger partial charge >= 0.3 is 44.9 Å². The molecule has 0 saturated carbocycles. The summed E-state index contributed by atoms with van der Waals surface area (Å²) in [7, 11) is 0. The van der Waals surface area contributed by atoms with Crippen molar-refractivity contribution in [1.82, 2.24) is 0 Å². The summed E-state index contributed by atoms with van der Waals surface area (Å²) in [4.78, 5) is 37.7. The zero-order valence-electron chi connectivity index (χ0n) is 7.69. The molecule has 0 amide bonds. The van der Waals surface area contributed by atoms with E-state index in [4.69, 9.17) is 24.1 Å². The number of carbonyl (C=O) groups is 4. The number of hydrogen-bond acceptors (Lipinski definition) is 5. The Labute approximate surface area is 97.9 Å². The van der Waals surface area contributed by atoms with Crippen molar-refractivity contribution in [2.24, 2.45) is 0 Å². The maximum atomic E-state index is 9.43. The van der Waals surface area contributed by atoms with Crippen molar-refractivity contribution >= 4 is 23.9 Å². The summed E-state index contributed by atoms with van der Waals surface area (Å²) in [5.74, 6) is -5.25. The van der Waals surface area contributed by atoms with Crippen LogP contribution in [0.15, 0.2) is 0 Å². The van der Waals surface area contributed by atoms with Gasteiger partial charge in [0.25, 0.3) is 0 Å². The summed E-state index contributed by atoms with van der Waals surface area (Å²) in [6.07, 6.45) is -1.61. The standard InChI is InChI=1S/2C3H4O4.O.V/c2*4-2(5)1-3(6)7;;/h2*1H2,(H,4,5)(H,6,7);;. The van der Waals surface area contributed by atoms with Crippen molar-refractivity contribution < 1.29 is 60.6 Å². The van der Waals surface area contributed by atoms with Gasteiger partial charge in [-0.2, -0.15) is 0 Å². The molecular weight excluding hydrogens is 267 g/mol. The van der Waals surface area contributed by atoms with Crippen LogP contribution < -0.4 is 0 Å². The van der Waals surface area contributed by atoms with Gasteiger partial charge in [-0.15, -0.1) is 0 Å². The molecule has 0 spiro atoms. The van der Waals surface area contributed by atoms with Gasteiger partial charge in [0.15, 0.2) is 0 Å². The molecule has 0 radical (unpaired) electrons. The Morgan fingerprint density at radius 2 is 0.750 bits per heavy atom. The van der Waals surface area contributed by atoms with Crippen LogP contribution in [0.1, 0.15) is 12.8 Å². The van der Waals surface area contributed by atoms with Crippen LogP contribution in [0.3, 0.4) is 0 Å². The van der Waals surface area contributed by atoms with E-state index < -0.39 is 36.7 Å². The molecule has 0 rings (SSSR count). The third-order valence-electron chi connectivity index (χ3n) is 0.605. The summed E-state index contributed by atoms with van der Waals surface area (Å²) in [5.41, 5.74) is 0. The second-order valence-corrected chi connectivity index (χ2v) is 1.93. The number of rotatable bonds is 4. The molecule has 10 heteroatoms. The van der Waals surface area contributed by atoms with Crippen molar-refractivity contribution in [1.29, 1.82) is 0 Å². The van der Waals surface area contributed by atoms with Gasteiger partial charge in [0.05, 0.1) is 0 Å². The predicted octanol–water partition coefficient (Wildman–Crippen LogP) is -1.03. The molecule has 0 atom stereocenters. The van der Waals surface area contributed by atoms with Crippen LogP contribution in [0, 0.1) is 0 Å². The molecule has 0 aromatic heterocycles. The van der Waals surface area contributed by atoms with E-state index in [2.05, 4.69) is 0 Å². The van der Waals surface area contributed by atoms with E-state index in [0.29, 0.717) is 0 Å². The third kappa shape index (κ3) is 39.7. The van der Waals surface area contributed by atoms with Crippen LogP contribution in [0.25, 0.3) is 0 Å². The van der Waals surface area contributed by atoms with Crippen LogP contribution in [0.2, 0.25) is 0 Å². The topological polar surface area (TPSA) is 166 Å². The molecule has 91 valence electrons. The van der Waals surface area contributed by atoms with Crippen molar-refractivity contribution in [3.63, 3.8) is 0 Å². The van der Waals surface area contributed by atoms with Crippen LogP contribution in [0.5, 0.6) is 0 Å². The Morgan fingerprint density at radius 1 is 0.625 bits per heavy atom. The van der Waals surface area contributed by atoms with Crippen molar-refractivity contribution in [2.75, 3.05) is 0 Å². The molecule has 0 heterocycles. The number of carboxylic acid groups (broad SMARTS) is 4. The normalized spacial score (nSPS) is 7.19. The third-order valence-corrected chi connectivity index (χ3v) is 0.605. The van der Waals surface area contributed by atoms with E-state index in [-0.39, 0.29) is 0 Å². The fourth-order valence-electron chi connectivity index (χ4n) is 0.259. The maximum absolute atomic E-state index is 9.43. The van der Waals surface area contributed by atoms with E-state index in [9.17, 15) is 19.2 Å². The molecule has 0 aromatic carbocycles. The summed E-state index contributed by atoms with van der Waals surface area (Å²) >= 11 is 1.06. The molecule has 0 unspecified atom stereocenters. The molecule has 16 heavy (non-hydrogen) atoms. The van der Waals surface area contributed by atoms with E-state index in [1.165, 1.54) is 0 Å². The molecule has 0 aliphatic rings. The van der Waals surface area contributed by atoms with Gasteiger partial charge in [0.1, 0.15) is 12.8 Å². The number of aliphatic carboxylic acids is 4. The average Bonchev–Trinajstić information content (AvgIpc) is 2.03. The first-order chi connectivity index (χ1) is 7.25. The fraction of sp³-hybridized carbons (Fsp3) is 0.333. The molecule has 0 saturated heterocycles. The summed E-state index contributed by atoms with van der Waals surface area (Å²) < 4.78 is 8.19. The second kappa shape index (κ2) is 13.3. The Hall–Kier alpha value is -1.74. The van der Waals surface area contributed by atoms with Crippen molar-refractivity contribution in [3.8, 4) is 0 Å². The van der Waals surface area contributed by atoms with E-state index in [0.717, 1.165) is 17.4 Å². The van der Waals surface area contributed by atoms with Crippen LogP contribution in [0.4, 0.5) is 0 Å². The van der Waals surface area contributed by atoms with E-state index in [1.807, 2.05) is 0 Å². The molecule has 9 nitrogen and oxygen atoms in total. The molecule has 0 aliphatic carbocycles. The van der Waals surface area contributed by atoms with Gasteiger partial charge in [-0.3, -0.25) is 19.2 Å². The van der Waals surface area contributed by atoms with Gasteiger partial charge in [0.2, 0.25) is 0 Å². The Bertz CT molecular complexity index is 211. The summed E-state index contributed by atoms with van der Waals surface area (Å²) in [6.45, 7) is 0. The zero-order valence-corrected chi connectivity index (χ0v) is 9.09. The SMILES string of the molecule is O=C(O)CC(=O)O.O=C(O)CC(=O)O.[O]=[V]. The first kappa shape index (κ1) is 19.8. The van der Waals surface area contributed by atoms with Crippen molar-refractivity contribution in [3.05, 3.63) is 0 Å². The first-order valence-corrected chi connectivity index (χ1v) is 3.88. The molecule has 4 N–H and O–H groups in total. The Morgan fingerprint density at radius 3 is 0.750 bits per heavy atom. The molecular formula is C6H8O9V. The predicted molar refractivity (Wildman–Crippen MR) is 40.5 cm³/mol. The summed E-state index contributed by atoms with van der Waals surface area (Å²) in [6, 6.07) is 0. The van der Waals surface area contributed by atoms with Gasteiger partial charge in [-0.25, -0.2) is 0 Å². The Balaban J connectivity index is -0.000000183. The molecule has 0 aromatic rings. The second-order valence-electron chi connectivity index (χ2n) is 1.93. The number of hydrogen-bond donors (Lipinski definition) is 4. The minimum absolute atomic E-state index is 0.806. The van der Waals surface area contributed by atoms with Crippen molar-refractivity contribution in [2.45, 2.75) is 12.8 Å². The van der Waals surface area contributed by atoms with E-state index in [1.54, 1.807) is 0 Å². The quantitative estimate of drug-likeness (QED) is 0.469. The number of carboxylic acids is 4. The first-order valence-electron chi connectivity index (χ1n) is 3.31. The minimum atomic E-state index is -1.31. The summed E-state index contributed by atoms with van der Waals surface area (Å²) in [5, 5.41) is 30.8. The van der Waals surface area contributed by atoms with Crippen LogP contribution >= 0.6 is 0 Å². The molecule has 0 bridgehead atoms. The molecule has 0 fully saturated rings. The average molecular weight is 275 g/mol. The Kier molecular flexibility index (Phi) is 16.4. The van der Waals surface area contributed by atoms with E-state index >= 15 is 0 Å². The van der Waals surface area contributed by atoms with Crippen LogP contribution in [-0.2, 0) is 40.2 Å². The molecule has 0 aliphatic heterocycles. The van der Waals surface area contributed by atoms with Gasteiger partial charge < -0.3 is 20.4 Å². The van der Waals surface area contributed by atoms with Gasteiger partial charge in [-0.1, -0.05) is 0 Å². The van der Waals surface area contributed by atoms with Gasteiger partial charge in [-0.05, 0) is 0 Å². The monoisotopic (exact) mass is 275 g/mol. The van der Waals surface area contributed by atoms with Crippen LogP contribution in [-0.4, -0.2) is 44.3 Å².